The van der Waals surface area contributed by atoms with Crippen LogP contribution in [0.5, 0.6) is 0 Å². The third kappa shape index (κ3) is 2.88. The number of rotatable bonds is 3. The Balaban J connectivity index is 3.17. The van der Waals surface area contributed by atoms with E-state index in [-0.39, 0.29) is 6.42 Å². The number of hydrogen-bond donors (Lipinski definition) is 0. The van der Waals surface area contributed by atoms with Gasteiger partial charge in [0, 0.05) is 0 Å². The molecule has 0 aromatic rings. The Hall–Kier alpha value is -0.210. The molecule has 0 fully saturated rings. The van der Waals surface area contributed by atoms with Gasteiger partial charge in [-0.25, -0.2) is 13.2 Å². The van der Waals surface area contributed by atoms with Crippen LogP contribution in [0, 0.1) is 0 Å². The van der Waals surface area contributed by atoms with E-state index in [1.165, 1.54) is 0 Å². The van der Waals surface area contributed by atoms with Crippen molar-refractivity contribution in [2.24, 2.45) is 0 Å². The second-order valence-corrected chi connectivity index (χ2v) is 1.64. The van der Waals surface area contributed by atoms with Gasteiger partial charge < -0.3 is 0 Å². The quantitative estimate of drug-likeness (QED) is 0.544. The van der Waals surface area contributed by atoms with Gasteiger partial charge in [-0.3, -0.25) is 0 Å². The van der Waals surface area contributed by atoms with Gasteiger partial charge in [-0.2, -0.15) is 0 Å². The molecule has 0 saturated heterocycles. The van der Waals surface area contributed by atoms with Crippen LogP contribution in [0.15, 0.2) is 0 Å². The molecule has 8 heavy (non-hydrogen) atoms. The number of halogens is 3. The van der Waals surface area contributed by atoms with Crippen molar-refractivity contribution >= 4 is 0 Å². The topological polar surface area (TPSA) is 0 Å². The summed E-state index contributed by atoms with van der Waals surface area (Å²) in [6.07, 6.45) is -4.27. The van der Waals surface area contributed by atoms with Crippen molar-refractivity contribution in [1.82, 2.24) is 0 Å². The molecule has 0 unspecified atom stereocenters. The second-order valence-electron chi connectivity index (χ2n) is 1.64. The predicted octanol–water partition coefficient (Wildman–Crippen LogP) is 2.39. The first-order valence-electron chi connectivity index (χ1n) is 2.60. The highest BCUT2D eigenvalue weighted by Gasteiger charge is 2.16. The smallest absolute Gasteiger partial charge is 0.241 e. The largest absolute Gasteiger partial charge is 0.269 e. The molecule has 0 aromatic heterocycles. The van der Waals surface area contributed by atoms with Crippen molar-refractivity contribution in [3.63, 3.8) is 0 Å². The molecular formula is C5H9F3. The maximum Gasteiger partial charge on any atom is 0.269 e. The van der Waals surface area contributed by atoms with Crippen LogP contribution in [-0.2, 0) is 0 Å². The Morgan fingerprint density at radius 3 is 1.88 bits per heavy atom. The molecule has 0 rings (SSSR count). The second kappa shape index (κ2) is 3.75. The van der Waals surface area contributed by atoms with Crippen molar-refractivity contribution in [3.8, 4) is 0 Å². The molecule has 1 atom stereocenters. The van der Waals surface area contributed by atoms with E-state index < -0.39 is 12.6 Å². The minimum absolute atomic E-state index is 0.0301. The minimum Gasteiger partial charge on any atom is -0.241 e. The number of hydrogen-bond acceptors (Lipinski definition) is 0. The zero-order chi connectivity index (χ0) is 6.57. The Kier molecular flexibility index (Phi) is 3.65. The fourth-order valence-corrected chi connectivity index (χ4v) is 0.402. The van der Waals surface area contributed by atoms with Gasteiger partial charge in [0.05, 0.1) is 0 Å². The molecule has 0 N–H and O–H groups in total. The van der Waals surface area contributed by atoms with Gasteiger partial charge in [0.2, 0.25) is 0 Å². The summed E-state index contributed by atoms with van der Waals surface area (Å²) in [7, 11) is 0. The lowest BCUT2D eigenvalue weighted by atomic mass is 10.2. The van der Waals surface area contributed by atoms with Crippen LogP contribution in [0.3, 0.4) is 0 Å². The fourth-order valence-electron chi connectivity index (χ4n) is 0.402. The molecule has 0 aromatic carbocycles. The Bertz CT molecular complexity index is 53.6. The number of alkyl halides is 3. The van der Waals surface area contributed by atoms with Crippen LogP contribution < -0.4 is 0 Å². The van der Waals surface area contributed by atoms with Gasteiger partial charge in [-0.05, 0) is 6.42 Å². The van der Waals surface area contributed by atoms with Crippen LogP contribution in [0.1, 0.15) is 19.8 Å². The maximum absolute atomic E-state index is 11.8. The third-order valence-corrected chi connectivity index (χ3v) is 0.838. The lowest BCUT2D eigenvalue weighted by molar-refractivity contribution is 0.0451. The fraction of sp³-hybridized carbons (Fsp3) is 1.00. The Morgan fingerprint density at radius 1 is 1.25 bits per heavy atom. The summed E-state index contributed by atoms with van der Waals surface area (Å²) in [5, 5.41) is 0. The average Bonchev–Trinajstić information content (AvgIpc) is 1.67. The zero-order valence-corrected chi connectivity index (χ0v) is 4.70. The summed E-state index contributed by atoms with van der Waals surface area (Å²) >= 11 is 0. The van der Waals surface area contributed by atoms with Gasteiger partial charge in [0.1, 0.15) is 0 Å². The van der Waals surface area contributed by atoms with E-state index in [1.54, 1.807) is 6.92 Å². The zero-order valence-electron chi connectivity index (χ0n) is 4.70. The molecule has 0 amide bonds. The molecule has 0 aliphatic heterocycles. The summed E-state index contributed by atoms with van der Waals surface area (Å²) in [6, 6.07) is 0. The van der Waals surface area contributed by atoms with E-state index >= 15 is 0 Å². The molecule has 0 spiro atoms. The maximum atomic E-state index is 11.8. The van der Waals surface area contributed by atoms with Crippen molar-refractivity contribution in [1.29, 1.82) is 0 Å². The molecule has 0 bridgehead atoms. The lowest BCUT2D eigenvalue weighted by Crippen LogP contribution is -2.10. The molecule has 50 valence electrons. The van der Waals surface area contributed by atoms with Crippen LogP contribution in [0.4, 0.5) is 13.2 Å². The summed E-state index contributed by atoms with van der Waals surface area (Å²) in [4.78, 5) is 0. The van der Waals surface area contributed by atoms with Crippen LogP contribution in [0.2, 0.25) is 0 Å². The van der Waals surface area contributed by atoms with Gasteiger partial charge in [-0.1, -0.05) is 13.3 Å². The molecule has 0 aliphatic carbocycles. The molecule has 0 saturated carbocycles. The van der Waals surface area contributed by atoms with Crippen LogP contribution in [0.25, 0.3) is 0 Å². The van der Waals surface area contributed by atoms with Gasteiger partial charge in [0.25, 0.3) is 6.43 Å². The van der Waals surface area contributed by atoms with E-state index in [1.807, 2.05) is 0 Å². The summed E-state index contributed by atoms with van der Waals surface area (Å²) in [5.74, 6) is 0. The van der Waals surface area contributed by atoms with E-state index in [2.05, 4.69) is 0 Å². The predicted molar refractivity (Wildman–Crippen MR) is 25.8 cm³/mol. The standard InChI is InChI=1S/C5H9F3/c1-2-3-4(6)5(7)8/h4-5H,2-3H2,1H3/t4-/m0/s1. The van der Waals surface area contributed by atoms with Crippen LogP contribution in [-0.4, -0.2) is 12.6 Å². The van der Waals surface area contributed by atoms with E-state index in [0.717, 1.165) is 0 Å². The monoisotopic (exact) mass is 126 g/mol. The molecule has 0 nitrogen and oxygen atoms in total. The van der Waals surface area contributed by atoms with Gasteiger partial charge >= 0.3 is 0 Å². The first kappa shape index (κ1) is 7.79. The minimum atomic E-state index is -2.80. The van der Waals surface area contributed by atoms with Crippen molar-refractivity contribution < 1.29 is 13.2 Å². The third-order valence-electron chi connectivity index (χ3n) is 0.838. The highest BCUT2D eigenvalue weighted by molar-refractivity contribution is 4.55. The van der Waals surface area contributed by atoms with Crippen molar-refractivity contribution in [2.75, 3.05) is 0 Å². The lowest BCUT2D eigenvalue weighted by Gasteiger charge is -2.01. The Labute approximate surface area is 46.7 Å². The van der Waals surface area contributed by atoms with Gasteiger partial charge in [-0.15, -0.1) is 0 Å². The van der Waals surface area contributed by atoms with Crippen LogP contribution >= 0.6 is 0 Å². The molecule has 0 aliphatic rings. The van der Waals surface area contributed by atoms with E-state index in [9.17, 15) is 13.2 Å². The average molecular weight is 126 g/mol. The van der Waals surface area contributed by atoms with Crippen molar-refractivity contribution in [3.05, 3.63) is 0 Å². The summed E-state index contributed by atoms with van der Waals surface area (Å²) < 4.78 is 34.3. The molecular weight excluding hydrogens is 117 g/mol. The molecule has 0 heterocycles. The Morgan fingerprint density at radius 2 is 1.75 bits per heavy atom. The van der Waals surface area contributed by atoms with E-state index in [0.29, 0.717) is 6.42 Å². The normalized spacial score (nSPS) is 14.6. The molecule has 3 heteroatoms. The highest BCUT2D eigenvalue weighted by atomic mass is 19.3. The van der Waals surface area contributed by atoms with Gasteiger partial charge in [0.15, 0.2) is 6.17 Å². The SMILES string of the molecule is CCC[C@H](F)C(F)F. The summed E-state index contributed by atoms with van der Waals surface area (Å²) in [5.41, 5.74) is 0. The van der Waals surface area contributed by atoms with E-state index in [4.69, 9.17) is 0 Å². The summed E-state index contributed by atoms with van der Waals surface area (Å²) in [6.45, 7) is 1.68. The molecule has 0 radical (unpaired) electrons. The highest BCUT2D eigenvalue weighted by Crippen LogP contribution is 2.10. The first-order valence-corrected chi connectivity index (χ1v) is 2.60. The van der Waals surface area contributed by atoms with Crippen molar-refractivity contribution in [2.45, 2.75) is 32.4 Å². The first-order chi connectivity index (χ1) is 3.68.